The van der Waals surface area contributed by atoms with Gasteiger partial charge in [-0.3, -0.25) is 4.79 Å². The molecule has 3 nitrogen and oxygen atoms in total. The molecule has 1 aromatic heterocycles. The molecule has 0 atom stereocenters. The number of hydrogen-bond donors (Lipinski definition) is 0. The Hall–Kier alpha value is -1.69. The van der Waals surface area contributed by atoms with Crippen molar-refractivity contribution in [1.29, 1.82) is 0 Å². The highest BCUT2D eigenvalue weighted by Gasteiger charge is 2.12. The van der Waals surface area contributed by atoms with Crippen molar-refractivity contribution in [3.8, 4) is 12.3 Å². The zero-order valence-corrected chi connectivity index (χ0v) is 7.70. The Morgan fingerprint density at radius 3 is 2.92 bits per heavy atom. The van der Waals surface area contributed by atoms with Crippen LogP contribution in [0.3, 0.4) is 0 Å². The van der Waals surface area contributed by atoms with Crippen molar-refractivity contribution in [2.75, 3.05) is 13.6 Å². The standard InChI is InChI=1S/C10H11NO2/c1-4-5-11(3)10(12)9-6-8(2)13-7-9/h1,6-7H,5H2,2-3H3. The van der Waals surface area contributed by atoms with Gasteiger partial charge in [0.25, 0.3) is 5.91 Å². The fraction of sp³-hybridized carbons (Fsp3) is 0.300. The fourth-order valence-corrected chi connectivity index (χ4v) is 0.985. The lowest BCUT2D eigenvalue weighted by Crippen LogP contribution is -2.26. The lowest BCUT2D eigenvalue weighted by atomic mass is 10.3. The summed E-state index contributed by atoms with van der Waals surface area (Å²) >= 11 is 0. The molecule has 0 aliphatic heterocycles. The predicted octanol–water partition coefficient (Wildman–Crippen LogP) is 1.29. The molecule has 1 amide bonds. The van der Waals surface area contributed by atoms with E-state index in [1.54, 1.807) is 20.0 Å². The van der Waals surface area contributed by atoms with E-state index in [2.05, 4.69) is 5.92 Å². The van der Waals surface area contributed by atoms with Crippen molar-refractivity contribution in [1.82, 2.24) is 4.90 Å². The highest BCUT2D eigenvalue weighted by Crippen LogP contribution is 2.08. The fourth-order valence-electron chi connectivity index (χ4n) is 0.985. The zero-order valence-electron chi connectivity index (χ0n) is 7.70. The number of amides is 1. The third-order valence-corrected chi connectivity index (χ3v) is 1.65. The molecule has 1 heterocycles. The van der Waals surface area contributed by atoms with Crippen molar-refractivity contribution < 1.29 is 9.21 Å². The van der Waals surface area contributed by atoms with Crippen LogP contribution in [-0.2, 0) is 0 Å². The second-order valence-corrected chi connectivity index (χ2v) is 2.81. The Bertz CT molecular complexity index is 346. The molecule has 1 rings (SSSR count). The molecule has 3 heteroatoms. The Balaban J connectivity index is 2.74. The van der Waals surface area contributed by atoms with Crippen LogP contribution in [0.4, 0.5) is 0 Å². The number of aryl methyl sites for hydroxylation is 1. The number of hydrogen-bond acceptors (Lipinski definition) is 2. The molecule has 68 valence electrons. The highest BCUT2D eigenvalue weighted by molar-refractivity contribution is 5.93. The number of nitrogens with zero attached hydrogens (tertiary/aromatic N) is 1. The van der Waals surface area contributed by atoms with Crippen LogP contribution in [0.25, 0.3) is 0 Å². The van der Waals surface area contributed by atoms with Crippen LogP contribution in [-0.4, -0.2) is 24.4 Å². The van der Waals surface area contributed by atoms with Crippen LogP contribution in [0, 0.1) is 19.3 Å². The normalized spacial score (nSPS) is 9.31. The molecule has 13 heavy (non-hydrogen) atoms. The average molecular weight is 177 g/mol. The summed E-state index contributed by atoms with van der Waals surface area (Å²) in [4.78, 5) is 13.0. The van der Waals surface area contributed by atoms with Gasteiger partial charge < -0.3 is 9.32 Å². The second-order valence-electron chi connectivity index (χ2n) is 2.81. The molecule has 0 aliphatic rings. The van der Waals surface area contributed by atoms with Gasteiger partial charge in [-0.1, -0.05) is 5.92 Å². The first-order valence-electron chi connectivity index (χ1n) is 3.89. The van der Waals surface area contributed by atoms with Gasteiger partial charge in [0.05, 0.1) is 12.1 Å². The van der Waals surface area contributed by atoms with E-state index in [4.69, 9.17) is 10.8 Å². The van der Waals surface area contributed by atoms with E-state index >= 15 is 0 Å². The molecule has 0 N–H and O–H groups in total. The van der Waals surface area contributed by atoms with Gasteiger partial charge in [0.15, 0.2) is 0 Å². The van der Waals surface area contributed by atoms with E-state index in [-0.39, 0.29) is 5.91 Å². The van der Waals surface area contributed by atoms with Crippen LogP contribution in [0.1, 0.15) is 16.1 Å². The zero-order chi connectivity index (χ0) is 9.84. The molecule has 0 radical (unpaired) electrons. The lowest BCUT2D eigenvalue weighted by molar-refractivity contribution is 0.0812. The SMILES string of the molecule is C#CCN(C)C(=O)c1coc(C)c1. The largest absolute Gasteiger partial charge is 0.469 e. The Kier molecular flexibility index (Phi) is 2.76. The minimum Gasteiger partial charge on any atom is -0.469 e. The smallest absolute Gasteiger partial charge is 0.257 e. The summed E-state index contributed by atoms with van der Waals surface area (Å²) in [5.41, 5.74) is 0.537. The predicted molar refractivity (Wildman–Crippen MR) is 49.2 cm³/mol. The van der Waals surface area contributed by atoms with E-state index in [1.165, 1.54) is 11.2 Å². The molecular weight excluding hydrogens is 166 g/mol. The minimum absolute atomic E-state index is 0.116. The summed E-state index contributed by atoms with van der Waals surface area (Å²) in [5, 5.41) is 0. The summed E-state index contributed by atoms with van der Waals surface area (Å²) in [6.07, 6.45) is 6.52. The second kappa shape index (κ2) is 3.81. The summed E-state index contributed by atoms with van der Waals surface area (Å²) in [5.74, 6) is 3.00. The molecular formula is C10H11NO2. The molecule has 0 aliphatic carbocycles. The van der Waals surface area contributed by atoms with Gasteiger partial charge in [0.1, 0.15) is 12.0 Å². The van der Waals surface area contributed by atoms with Gasteiger partial charge >= 0.3 is 0 Å². The van der Waals surface area contributed by atoms with E-state index in [1.807, 2.05) is 0 Å². The van der Waals surface area contributed by atoms with Crippen molar-refractivity contribution in [2.24, 2.45) is 0 Å². The molecule has 1 aromatic rings. The average Bonchev–Trinajstić information content (AvgIpc) is 2.51. The molecule has 0 unspecified atom stereocenters. The molecule has 0 fully saturated rings. The lowest BCUT2D eigenvalue weighted by Gasteiger charge is -2.11. The Labute approximate surface area is 77.3 Å². The van der Waals surface area contributed by atoms with Gasteiger partial charge in [-0.2, -0.15) is 0 Å². The van der Waals surface area contributed by atoms with Crippen molar-refractivity contribution in [3.05, 3.63) is 23.7 Å². The first-order valence-corrected chi connectivity index (χ1v) is 3.89. The first-order chi connectivity index (χ1) is 6.15. The van der Waals surface area contributed by atoms with E-state index < -0.39 is 0 Å². The van der Waals surface area contributed by atoms with Crippen molar-refractivity contribution in [2.45, 2.75) is 6.92 Å². The first kappa shape index (κ1) is 9.40. The highest BCUT2D eigenvalue weighted by atomic mass is 16.3. The van der Waals surface area contributed by atoms with Gasteiger partial charge in [0, 0.05) is 7.05 Å². The van der Waals surface area contributed by atoms with Crippen LogP contribution < -0.4 is 0 Å². The summed E-state index contributed by atoms with van der Waals surface area (Å²) in [6, 6.07) is 1.69. The Morgan fingerprint density at radius 2 is 2.46 bits per heavy atom. The molecule has 0 saturated carbocycles. The Morgan fingerprint density at radius 1 is 1.77 bits per heavy atom. The van der Waals surface area contributed by atoms with Crippen LogP contribution in [0.15, 0.2) is 16.7 Å². The summed E-state index contributed by atoms with van der Waals surface area (Å²) < 4.78 is 5.01. The van der Waals surface area contributed by atoms with E-state index in [0.29, 0.717) is 12.1 Å². The van der Waals surface area contributed by atoms with Crippen molar-refractivity contribution in [3.63, 3.8) is 0 Å². The summed E-state index contributed by atoms with van der Waals surface area (Å²) in [7, 11) is 1.66. The van der Waals surface area contributed by atoms with E-state index in [0.717, 1.165) is 5.76 Å². The maximum absolute atomic E-state index is 11.5. The quantitative estimate of drug-likeness (QED) is 0.638. The molecule has 0 aromatic carbocycles. The number of terminal acetylenes is 1. The monoisotopic (exact) mass is 177 g/mol. The van der Waals surface area contributed by atoms with Gasteiger partial charge in [-0.05, 0) is 13.0 Å². The molecule has 0 bridgehead atoms. The maximum Gasteiger partial charge on any atom is 0.257 e. The molecule has 0 spiro atoms. The third-order valence-electron chi connectivity index (χ3n) is 1.65. The number of rotatable bonds is 2. The van der Waals surface area contributed by atoms with Gasteiger partial charge in [-0.15, -0.1) is 6.42 Å². The topological polar surface area (TPSA) is 33.5 Å². The number of furan rings is 1. The van der Waals surface area contributed by atoms with E-state index in [9.17, 15) is 4.79 Å². The maximum atomic E-state index is 11.5. The van der Waals surface area contributed by atoms with Gasteiger partial charge in [0.2, 0.25) is 0 Å². The van der Waals surface area contributed by atoms with Crippen LogP contribution in [0.2, 0.25) is 0 Å². The van der Waals surface area contributed by atoms with Crippen molar-refractivity contribution >= 4 is 5.91 Å². The van der Waals surface area contributed by atoms with Gasteiger partial charge in [-0.25, -0.2) is 0 Å². The minimum atomic E-state index is -0.116. The third kappa shape index (κ3) is 2.12. The molecule has 0 saturated heterocycles. The van der Waals surface area contributed by atoms with Crippen LogP contribution >= 0.6 is 0 Å². The van der Waals surface area contributed by atoms with Crippen LogP contribution in [0.5, 0.6) is 0 Å². The number of carbonyl (C=O) groups excluding carboxylic acids is 1. The summed E-state index contributed by atoms with van der Waals surface area (Å²) in [6.45, 7) is 2.10. The number of carbonyl (C=O) groups is 1.